The number of halogens is 1. The molecule has 0 atom stereocenters. The van der Waals surface area contributed by atoms with E-state index in [1.165, 1.54) is 24.3 Å². The Bertz CT molecular complexity index is 275. The monoisotopic (exact) mass is 340 g/mol. The zero-order chi connectivity index (χ0) is 10.4. The topological polar surface area (TPSA) is 0 Å². The molecule has 0 aromatic heterocycles. The van der Waals surface area contributed by atoms with Crippen molar-refractivity contribution >= 4 is 46.1 Å². The van der Waals surface area contributed by atoms with Gasteiger partial charge in [-0.2, -0.15) is 0 Å². The average Bonchev–Trinajstić information content (AvgIpc) is 2.60. The van der Waals surface area contributed by atoms with Crippen LogP contribution in [-0.4, -0.2) is 15.6 Å². The first kappa shape index (κ1) is 11.6. The van der Waals surface area contributed by atoms with Crippen LogP contribution in [0, 0.1) is 5.41 Å². The first-order chi connectivity index (χ1) is 6.50. The van der Waals surface area contributed by atoms with Crippen LogP contribution in [0.3, 0.4) is 0 Å². The standard InChI is InChI=1S/C11H17IS2/c1-8-4-5-11(13-6-7-14-11)10(2,3)9(8)12/h4-7H2,1-3H3. The van der Waals surface area contributed by atoms with Gasteiger partial charge in [0.05, 0.1) is 4.08 Å². The van der Waals surface area contributed by atoms with Crippen molar-refractivity contribution in [2.24, 2.45) is 5.41 Å². The highest BCUT2D eigenvalue weighted by Crippen LogP contribution is 2.64. The molecule has 1 aliphatic heterocycles. The highest BCUT2D eigenvalue weighted by molar-refractivity contribution is 14.1. The quantitative estimate of drug-likeness (QED) is 0.587. The SMILES string of the molecule is CC1=C(I)C(C)(C)C2(CC1)SCCS2. The largest absolute Gasteiger partial charge is 0.142 e. The molecule has 1 fully saturated rings. The Morgan fingerprint density at radius 1 is 1.21 bits per heavy atom. The van der Waals surface area contributed by atoms with Crippen LogP contribution >= 0.6 is 46.1 Å². The summed E-state index contributed by atoms with van der Waals surface area (Å²) in [6, 6.07) is 0. The Kier molecular flexibility index (Phi) is 3.23. The molecule has 0 bridgehead atoms. The fourth-order valence-corrected chi connectivity index (χ4v) is 7.11. The predicted molar refractivity (Wildman–Crippen MR) is 77.4 cm³/mol. The zero-order valence-electron chi connectivity index (χ0n) is 9.02. The first-order valence-corrected chi connectivity index (χ1v) is 8.18. The van der Waals surface area contributed by atoms with E-state index in [1.54, 1.807) is 9.15 Å². The Balaban J connectivity index is 2.39. The number of allylic oxidation sites excluding steroid dienone is 2. The minimum atomic E-state index is 0.377. The molecule has 1 spiro atoms. The highest BCUT2D eigenvalue weighted by Gasteiger charge is 2.51. The van der Waals surface area contributed by atoms with Crippen molar-refractivity contribution in [3.05, 3.63) is 9.15 Å². The van der Waals surface area contributed by atoms with Crippen molar-refractivity contribution in [2.75, 3.05) is 11.5 Å². The zero-order valence-corrected chi connectivity index (χ0v) is 12.8. The van der Waals surface area contributed by atoms with Gasteiger partial charge >= 0.3 is 0 Å². The van der Waals surface area contributed by atoms with E-state index >= 15 is 0 Å². The van der Waals surface area contributed by atoms with E-state index in [4.69, 9.17) is 0 Å². The third kappa shape index (κ3) is 1.58. The summed E-state index contributed by atoms with van der Waals surface area (Å²) in [7, 11) is 0. The van der Waals surface area contributed by atoms with E-state index in [9.17, 15) is 0 Å². The lowest BCUT2D eigenvalue weighted by Crippen LogP contribution is -2.40. The molecule has 0 saturated carbocycles. The van der Waals surface area contributed by atoms with Crippen LogP contribution in [0.15, 0.2) is 9.15 Å². The van der Waals surface area contributed by atoms with Gasteiger partial charge in [0.2, 0.25) is 0 Å². The lowest BCUT2D eigenvalue weighted by atomic mass is 9.79. The van der Waals surface area contributed by atoms with Crippen LogP contribution in [0.1, 0.15) is 33.6 Å². The van der Waals surface area contributed by atoms with Crippen molar-refractivity contribution < 1.29 is 0 Å². The summed E-state index contributed by atoms with van der Waals surface area (Å²) in [5.41, 5.74) is 2.00. The molecule has 1 heterocycles. The summed E-state index contributed by atoms with van der Waals surface area (Å²) in [6.07, 6.45) is 2.68. The van der Waals surface area contributed by atoms with E-state index in [-0.39, 0.29) is 0 Å². The second-order valence-corrected chi connectivity index (χ2v) is 8.79. The third-order valence-electron chi connectivity index (χ3n) is 3.46. The molecule has 0 nitrogen and oxygen atoms in total. The molecule has 0 unspecified atom stereocenters. The number of rotatable bonds is 0. The Labute approximate surface area is 109 Å². The molecule has 3 heteroatoms. The molecule has 0 radical (unpaired) electrons. The molecule has 0 aromatic carbocycles. The summed E-state index contributed by atoms with van der Waals surface area (Å²) < 4.78 is 2.10. The van der Waals surface area contributed by atoms with Crippen LogP contribution in [-0.2, 0) is 0 Å². The molecule has 2 rings (SSSR count). The minimum absolute atomic E-state index is 0.377. The van der Waals surface area contributed by atoms with Gasteiger partial charge in [-0.25, -0.2) is 0 Å². The van der Waals surface area contributed by atoms with E-state index in [2.05, 4.69) is 66.9 Å². The lowest BCUT2D eigenvalue weighted by molar-refractivity contribution is 0.381. The fourth-order valence-electron chi connectivity index (χ4n) is 2.43. The predicted octanol–water partition coefficient (Wildman–Crippen LogP) is 4.69. The van der Waals surface area contributed by atoms with Gasteiger partial charge in [-0.1, -0.05) is 19.4 Å². The summed E-state index contributed by atoms with van der Waals surface area (Å²) in [6.45, 7) is 7.17. The van der Waals surface area contributed by atoms with Gasteiger partial charge in [0, 0.05) is 16.9 Å². The van der Waals surface area contributed by atoms with Crippen LogP contribution in [0.25, 0.3) is 0 Å². The Morgan fingerprint density at radius 3 is 2.36 bits per heavy atom. The second kappa shape index (κ2) is 3.88. The molecule has 14 heavy (non-hydrogen) atoms. The van der Waals surface area contributed by atoms with Gasteiger partial charge in [-0.15, -0.1) is 23.5 Å². The number of thioether (sulfide) groups is 2. The van der Waals surface area contributed by atoms with E-state index in [0.29, 0.717) is 9.49 Å². The Hall–Kier alpha value is 1.17. The van der Waals surface area contributed by atoms with Crippen molar-refractivity contribution in [2.45, 2.75) is 37.7 Å². The second-order valence-electron chi connectivity index (χ2n) is 4.67. The van der Waals surface area contributed by atoms with Gasteiger partial charge in [0.25, 0.3) is 0 Å². The summed E-state index contributed by atoms with van der Waals surface area (Å²) in [4.78, 5) is 0. The van der Waals surface area contributed by atoms with Crippen LogP contribution in [0.5, 0.6) is 0 Å². The normalized spacial score (nSPS) is 30.0. The van der Waals surface area contributed by atoms with Crippen molar-refractivity contribution in [3.8, 4) is 0 Å². The fraction of sp³-hybridized carbons (Fsp3) is 0.818. The summed E-state index contributed by atoms with van der Waals surface area (Å²) in [5.74, 6) is 2.69. The van der Waals surface area contributed by atoms with E-state index in [0.717, 1.165) is 0 Å². The van der Waals surface area contributed by atoms with E-state index in [1.807, 2.05) is 0 Å². The molecule has 1 saturated heterocycles. The van der Waals surface area contributed by atoms with Crippen LogP contribution < -0.4 is 0 Å². The van der Waals surface area contributed by atoms with Gasteiger partial charge in [0.1, 0.15) is 0 Å². The molecule has 0 N–H and O–H groups in total. The molecular formula is C11H17IS2. The maximum Gasteiger partial charge on any atom is 0.0709 e. The summed E-state index contributed by atoms with van der Waals surface area (Å²) >= 11 is 6.98. The van der Waals surface area contributed by atoms with E-state index < -0.39 is 0 Å². The lowest BCUT2D eigenvalue weighted by Gasteiger charge is -2.47. The van der Waals surface area contributed by atoms with Gasteiger partial charge in [-0.05, 0) is 45.9 Å². The summed E-state index contributed by atoms with van der Waals surface area (Å²) in [5, 5.41) is 0. The smallest absolute Gasteiger partial charge is 0.0709 e. The van der Waals surface area contributed by atoms with Crippen molar-refractivity contribution in [1.82, 2.24) is 0 Å². The van der Waals surface area contributed by atoms with Gasteiger partial charge in [0.15, 0.2) is 0 Å². The molecule has 0 amide bonds. The molecule has 80 valence electrons. The molecule has 1 aliphatic carbocycles. The maximum absolute atomic E-state index is 2.58. The minimum Gasteiger partial charge on any atom is -0.142 e. The van der Waals surface area contributed by atoms with Crippen LogP contribution in [0.4, 0.5) is 0 Å². The molecule has 0 aromatic rings. The third-order valence-corrected chi connectivity index (χ3v) is 9.87. The highest BCUT2D eigenvalue weighted by atomic mass is 127. The molecular weight excluding hydrogens is 323 g/mol. The number of hydrogen-bond acceptors (Lipinski definition) is 2. The van der Waals surface area contributed by atoms with Crippen molar-refractivity contribution in [1.29, 1.82) is 0 Å². The maximum atomic E-state index is 2.58. The Morgan fingerprint density at radius 2 is 1.79 bits per heavy atom. The van der Waals surface area contributed by atoms with Crippen LogP contribution in [0.2, 0.25) is 0 Å². The first-order valence-electron chi connectivity index (χ1n) is 5.13. The van der Waals surface area contributed by atoms with Crippen molar-refractivity contribution in [3.63, 3.8) is 0 Å². The number of hydrogen-bond donors (Lipinski definition) is 0. The average molecular weight is 340 g/mol. The van der Waals surface area contributed by atoms with Gasteiger partial charge < -0.3 is 0 Å². The molecule has 2 aliphatic rings. The van der Waals surface area contributed by atoms with Gasteiger partial charge in [-0.3, -0.25) is 0 Å².